The van der Waals surface area contributed by atoms with Crippen molar-refractivity contribution in [2.45, 2.75) is 48.0 Å². The SMILES string of the molecule is CC.CC.CC.CN1CCC(=O)Nc2ccccc21. The van der Waals surface area contributed by atoms with Crippen LogP contribution < -0.4 is 10.2 Å². The molecule has 0 aliphatic carbocycles. The molecule has 0 saturated heterocycles. The van der Waals surface area contributed by atoms with Gasteiger partial charge in [0.25, 0.3) is 0 Å². The van der Waals surface area contributed by atoms with Crippen LogP contribution in [-0.2, 0) is 4.79 Å². The molecule has 0 bridgehead atoms. The fourth-order valence-electron chi connectivity index (χ4n) is 1.51. The summed E-state index contributed by atoms with van der Waals surface area (Å²) in [5.41, 5.74) is 2.00. The highest BCUT2D eigenvalue weighted by molar-refractivity contribution is 5.96. The Morgan fingerprint density at radius 2 is 1.53 bits per heavy atom. The highest BCUT2D eigenvalue weighted by Gasteiger charge is 2.14. The molecule has 0 spiro atoms. The maximum atomic E-state index is 11.3. The summed E-state index contributed by atoms with van der Waals surface area (Å²) in [5, 5.41) is 2.87. The van der Waals surface area contributed by atoms with Gasteiger partial charge in [-0.25, -0.2) is 0 Å². The maximum Gasteiger partial charge on any atom is 0.226 e. The minimum Gasteiger partial charge on any atom is -0.372 e. The van der Waals surface area contributed by atoms with Gasteiger partial charge in [-0.05, 0) is 12.1 Å². The summed E-state index contributed by atoms with van der Waals surface area (Å²) >= 11 is 0. The van der Waals surface area contributed by atoms with Gasteiger partial charge in [0.1, 0.15) is 0 Å². The van der Waals surface area contributed by atoms with Crippen molar-refractivity contribution in [3.05, 3.63) is 24.3 Å². The monoisotopic (exact) mass is 266 g/mol. The molecule has 1 aromatic carbocycles. The molecule has 0 saturated carbocycles. The van der Waals surface area contributed by atoms with Gasteiger partial charge in [0.05, 0.1) is 11.4 Å². The first kappa shape index (κ1) is 19.8. The average Bonchev–Trinajstić information content (AvgIpc) is 2.65. The number of benzene rings is 1. The first-order chi connectivity index (χ1) is 9.27. The van der Waals surface area contributed by atoms with Gasteiger partial charge in [-0.15, -0.1) is 0 Å². The minimum atomic E-state index is 0.0943. The topological polar surface area (TPSA) is 32.3 Å². The molecule has 1 aliphatic rings. The quantitative estimate of drug-likeness (QED) is 0.747. The zero-order chi connectivity index (χ0) is 15.3. The first-order valence-electron chi connectivity index (χ1n) is 7.37. The number of anilines is 2. The Labute approximate surface area is 119 Å². The lowest BCUT2D eigenvalue weighted by Gasteiger charge is -2.17. The minimum absolute atomic E-state index is 0.0943. The molecule has 0 fully saturated rings. The molecule has 110 valence electrons. The van der Waals surface area contributed by atoms with Gasteiger partial charge in [0, 0.05) is 20.0 Å². The lowest BCUT2D eigenvalue weighted by atomic mass is 10.2. The highest BCUT2D eigenvalue weighted by atomic mass is 16.1. The molecule has 1 heterocycles. The zero-order valence-electron chi connectivity index (χ0n) is 13.6. The molecule has 19 heavy (non-hydrogen) atoms. The molecule has 1 N–H and O–H groups in total. The lowest BCUT2D eigenvalue weighted by Crippen LogP contribution is -2.18. The van der Waals surface area contributed by atoms with E-state index >= 15 is 0 Å². The second kappa shape index (κ2) is 12.9. The summed E-state index contributed by atoms with van der Waals surface area (Å²) in [4.78, 5) is 13.3. The Hall–Kier alpha value is -1.51. The van der Waals surface area contributed by atoms with E-state index < -0.39 is 0 Å². The van der Waals surface area contributed by atoms with E-state index in [1.165, 1.54) is 0 Å². The molecule has 0 aromatic heterocycles. The van der Waals surface area contributed by atoms with Crippen molar-refractivity contribution >= 4 is 17.3 Å². The molecular weight excluding hydrogens is 236 g/mol. The number of fused-ring (bicyclic) bond motifs is 1. The second-order valence-electron chi connectivity index (χ2n) is 3.24. The molecule has 0 atom stereocenters. The van der Waals surface area contributed by atoms with Crippen LogP contribution in [0.1, 0.15) is 48.0 Å². The van der Waals surface area contributed by atoms with Gasteiger partial charge >= 0.3 is 0 Å². The number of carbonyl (C=O) groups is 1. The van der Waals surface area contributed by atoms with Crippen LogP contribution >= 0.6 is 0 Å². The van der Waals surface area contributed by atoms with Crippen molar-refractivity contribution in [1.82, 2.24) is 0 Å². The fraction of sp³-hybridized carbons (Fsp3) is 0.562. The summed E-state index contributed by atoms with van der Waals surface area (Å²) in [5.74, 6) is 0.0943. The molecule has 1 aliphatic heterocycles. The Bertz CT molecular complexity index is 337. The predicted molar refractivity (Wildman–Crippen MR) is 87.0 cm³/mol. The van der Waals surface area contributed by atoms with E-state index in [2.05, 4.69) is 10.2 Å². The molecule has 3 heteroatoms. The van der Waals surface area contributed by atoms with Crippen LogP contribution in [0.15, 0.2) is 24.3 Å². The molecular formula is C16H30N2O. The molecule has 1 amide bonds. The fourth-order valence-corrected chi connectivity index (χ4v) is 1.51. The van der Waals surface area contributed by atoms with Gasteiger partial charge in [0.2, 0.25) is 5.91 Å². The van der Waals surface area contributed by atoms with Gasteiger partial charge in [-0.2, -0.15) is 0 Å². The normalized spacial score (nSPS) is 11.9. The van der Waals surface area contributed by atoms with Crippen molar-refractivity contribution in [2.24, 2.45) is 0 Å². The Kier molecular flexibility index (Phi) is 13.5. The third-order valence-corrected chi connectivity index (χ3v) is 2.26. The summed E-state index contributed by atoms with van der Waals surface area (Å²) in [6.07, 6.45) is 0.561. The van der Waals surface area contributed by atoms with Crippen molar-refractivity contribution in [3.63, 3.8) is 0 Å². The van der Waals surface area contributed by atoms with Crippen molar-refractivity contribution in [2.75, 3.05) is 23.8 Å². The number of rotatable bonds is 0. The molecule has 3 nitrogen and oxygen atoms in total. The molecule has 0 unspecified atom stereocenters. The maximum absolute atomic E-state index is 11.3. The third kappa shape index (κ3) is 6.85. The van der Waals surface area contributed by atoms with Gasteiger partial charge in [-0.3, -0.25) is 4.79 Å². The Balaban J connectivity index is 0. The van der Waals surface area contributed by atoms with Crippen LogP contribution in [0.4, 0.5) is 11.4 Å². The van der Waals surface area contributed by atoms with Gasteiger partial charge in [-0.1, -0.05) is 53.7 Å². The van der Waals surface area contributed by atoms with Crippen LogP contribution in [-0.4, -0.2) is 19.5 Å². The van der Waals surface area contributed by atoms with Gasteiger partial charge in [0.15, 0.2) is 0 Å². The first-order valence-corrected chi connectivity index (χ1v) is 7.37. The molecule has 2 rings (SSSR count). The predicted octanol–water partition coefficient (Wildman–Crippen LogP) is 4.54. The van der Waals surface area contributed by atoms with E-state index in [9.17, 15) is 4.79 Å². The summed E-state index contributed by atoms with van der Waals surface area (Å²) < 4.78 is 0. The third-order valence-electron chi connectivity index (χ3n) is 2.26. The number of amides is 1. The second-order valence-corrected chi connectivity index (χ2v) is 3.24. The zero-order valence-corrected chi connectivity index (χ0v) is 13.6. The number of nitrogens with zero attached hydrogens (tertiary/aromatic N) is 1. The Morgan fingerprint density at radius 3 is 2.11 bits per heavy atom. The largest absolute Gasteiger partial charge is 0.372 e. The van der Waals surface area contributed by atoms with E-state index in [4.69, 9.17) is 0 Å². The molecule has 0 radical (unpaired) electrons. The molecule has 1 aromatic rings. The van der Waals surface area contributed by atoms with Gasteiger partial charge < -0.3 is 10.2 Å². The summed E-state index contributed by atoms with van der Waals surface area (Å²) in [6.45, 7) is 12.8. The van der Waals surface area contributed by atoms with E-state index in [0.29, 0.717) is 6.42 Å². The van der Waals surface area contributed by atoms with E-state index in [1.807, 2.05) is 72.9 Å². The van der Waals surface area contributed by atoms with E-state index in [0.717, 1.165) is 17.9 Å². The Morgan fingerprint density at radius 1 is 1.00 bits per heavy atom. The number of para-hydroxylation sites is 2. The number of nitrogens with one attached hydrogen (secondary N) is 1. The lowest BCUT2D eigenvalue weighted by molar-refractivity contribution is -0.115. The number of hydrogen-bond acceptors (Lipinski definition) is 2. The van der Waals surface area contributed by atoms with Crippen LogP contribution in [0.5, 0.6) is 0 Å². The van der Waals surface area contributed by atoms with E-state index in [1.54, 1.807) is 0 Å². The van der Waals surface area contributed by atoms with E-state index in [-0.39, 0.29) is 5.91 Å². The van der Waals surface area contributed by atoms with Crippen LogP contribution in [0, 0.1) is 0 Å². The smallest absolute Gasteiger partial charge is 0.226 e. The van der Waals surface area contributed by atoms with Crippen LogP contribution in [0.3, 0.4) is 0 Å². The summed E-state index contributed by atoms with van der Waals surface area (Å²) in [6, 6.07) is 7.85. The highest BCUT2D eigenvalue weighted by Crippen LogP contribution is 2.26. The van der Waals surface area contributed by atoms with Crippen molar-refractivity contribution < 1.29 is 4.79 Å². The van der Waals surface area contributed by atoms with Crippen LogP contribution in [0.2, 0.25) is 0 Å². The van der Waals surface area contributed by atoms with Crippen molar-refractivity contribution in [3.8, 4) is 0 Å². The van der Waals surface area contributed by atoms with Crippen LogP contribution in [0.25, 0.3) is 0 Å². The van der Waals surface area contributed by atoms with Crippen molar-refractivity contribution in [1.29, 1.82) is 0 Å². The number of hydrogen-bond donors (Lipinski definition) is 1. The number of carbonyl (C=O) groups excluding carboxylic acids is 1. The summed E-state index contributed by atoms with van der Waals surface area (Å²) in [7, 11) is 2.00. The standard InChI is InChI=1S/C10H12N2O.3C2H6/c1-12-7-6-10(13)11-8-4-2-3-5-9(8)12;3*1-2/h2-5H,6-7H2,1H3,(H,11,13);3*1-2H3. The average molecular weight is 266 g/mol.